The fourth-order valence-corrected chi connectivity index (χ4v) is 4.72. The molecule has 8 heteroatoms. The lowest BCUT2D eigenvalue weighted by molar-refractivity contribution is 0.0954. The summed E-state index contributed by atoms with van der Waals surface area (Å²) < 4.78 is 4.23. The zero-order valence-corrected chi connectivity index (χ0v) is 16.1. The number of hydrogen-bond acceptors (Lipinski definition) is 7. The molecule has 0 bridgehead atoms. The molecule has 3 aromatic rings. The molecule has 5 nitrogen and oxygen atoms in total. The summed E-state index contributed by atoms with van der Waals surface area (Å²) in [7, 11) is 1.80. The van der Waals surface area contributed by atoms with E-state index in [1.54, 1.807) is 29.7 Å². The van der Waals surface area contributed by atoms with Gasteiger partial charge in [-0.2, -0.15) is 4.37 Å². The molecule has 3 rings (SSSR count). The largest absolute Gasteiger partial charge is 0.378 e. The van der Waals surface area contributed by atoms with Crippen molar-refractivity contribution >= 4 is 45.1 Å². The van der Waals surface area contributed by atoms with E-state index in [4.69, 9.17) is 0 Å². The van der Waals surface area contributed by atoms with E-state index in [0.29, 0.717) is 12.1 Å². The van der Waals surface area contributed by atoms with Crippen molar-refractivity contribution in [1.29, 1.82) is 0 Å². The van der Waals surface area contributed by atoms with Gasteiger partial charge in [0.2, 0.25) is 0 Å². The second-order valence-electron chi connectivity index (χ2n) is 5.25. The van der Waals surface area contributed by atoms with E-state index in [-0.39, 0.29) is 5.91 Å². The van der Waals surface area contributed by atoms with Gasteiger partial charge in [-0.25, -0.2) is 4.98 Å². The smallest absolute Gasteiger partial charge is 0.256 e. The third-order valence-electron chi connectivity index (χ3n) is 3.51. The molecule has 126 valence electrons. The third kappa shape index (κ3) is 3.66. The molecule has 0 aromatic carbocycles. The standard InChI is InChI=1S/C16H18N4OS3/c1-9-14(16(17-3)24-20-9)15(21)18-7-6-11-4-5-13(23-11)12-8-22-10(2)19-12/h4-5,8,17H,6-7H2,1-3H3,(H,18,21). The Balaban J connectivity index is 1.58. The molecule has 0 aliphatic rings. The number of carbonyl (C=O) groups excluding carboxylic acids is 1. The summed E-state index contributed by atoms with van der Waals surface area (Å²) in [6.45, 7) is 4.47. The number of anilines is 1. The summed E-state index contributed by atoms with van der Waals surface area (Å²) in [6, 6.07) is 4.21. The molecule has 24 heavy (non-hydrogen) atoms. The van der Waals surface area contributed by atoms with Crippen LogP contribution in [0.4, 0.5) is 5.00 Å². The first kappa shape index (κ1) is 17.1. The highest BCUT2D eigenvalue weighted by Gasteiger charge is 2.17. The molecule has 0 radical (unpaired) electrons. The zero-order chi connectivity index (χ0) is 17.1. The number of aryl methyl sites for hydroxylation is 2. The first-order valence-electron chi connectivity index (χ1n) is 7.52. The summed E-state index contributed by atoms with van der Waals surface area (Å²) in [5.41, 5.74) is 2.45. The molecule has 1 amide bonds. The number of hydrogen-bond donors (Lipinski definition) is 2. The van der Waals surface area contributed by atoms with Crippen LogP contribution >= 0.6 is 34.2 Å². The molecule has 3 heterocycles. The maximum absolute atomic E-state index is 12.3. The summed E-state index contributed by atoms with van der Waals surface area (Å²) in [6.07, 6.45) is 0.811. The SMILES string of the molecule is CNc1snc(C)c1C(=O)NCCc1ccc(-c2csc(C)n2)s1. The Morgan fingerprint density at radius 3 is 2.83 bits per heavy atom. The zero-order valence-electron chi connectivity index (χ0n) is 13.7. The van der Waals surface area contributed by atoms with Gasteiger partial charge in [0.25, 0.3) is 5.91 Å². The number of nitrogens with zero attached hydrogens (tertiary/aromatic N) is 2. The minimum atomic E-state index is -0.0718. The Morgan fingerprint density at radius 2 is 2.12 bits per heavy atom. The van der Waals surface area contributed by atoms with Crippen molar-refractivity contribution in [3.63, 3.8) is 0 Å². The van der Waals surface area contributed by atoms with E-state index in [1.165, 1.54) is 21.3 Å². The van der Waals surface area contributed by atoms with E-state index in [1.807, 2.05) is 13.8 Å². The van der Waals surface area contributed by atoms with Gasteiger partial charge in [-0.1, -0.05) is 0 Å². The molecule has 0 atom stereocenters. The summed E-state index contributed by atoms with van der Waals surface area (Å²) in [4.78, 5) is 19.3. The van der Waals surface area contributed by atoms with Gasteiger partial charge in [-0.05, 0) is 43.9 Å². The van der Waals surface area contributed by atoms with Crippen LogP contribution in [0.15, 0.2) is 17.5 Å². The Hall–Kier alpha value is -1.77. The number of aromatic nitrogens is 2. The molecular weight excluding hydrogens is 360 g/mol. The third-order valence-corrected chi connectivity index (χ3v) is 6.40. The average Bonchev–Trinajstić information content (AvgIpc) is 3.26. The quantitative estimate of drug-likeness (QED) is 0.681. The fourth-order valence-electron chi connectivity index (χ4n) is 2.32. The minimum Gasteiger partial charge on any atom is -0.378 e. The maximum Gasteiger partial charge on any atom is 0.256 e. The van der Waals surface area contributed by atoms with Crippen molar-refractivity contribution in [2.24, 2.45) is 0 Å². The van der Waals surface area contributed by atoms with E-state index in [2.05, 4.69) is 37.5 Å². The van der Waals surface area contributed by atoms with Crippen LogP contribution in [0.3, 0.4) is 0 Å². The molecule has 0 saturated heterocycles. The minimum absolute atomic E-state index is 0.0718. The molecule has 0 unspecified atom stereocenters. The summed E-state index contributed by atoms with van der Waals surface area (Å²) in [5.74, 6) is -0.0718. The second-order valence-corrected chi connectivity index (χ2v) is 8.25. The summed E-state index contributed by atoms with van der Waals surface area (Å²) in [5, 5.41) is 9.97. The van der Waals surface area contributed by atoms with Crippen LogP contribution in [0.25, 0.3) is 10.6 Å². The normalized spacial score (nSPS) is 10.8. The molecule has 0 aliphatic heterocycles. The second kappa shape index (κ2) is 7.42. The van der Waals surface area contributed by atoms with Gasteiger partial charge >= 0.3 is 0 Å². The first-order valence-corrected chi connectivity index (χ1v) is 9.99. The van der Waals surface area contributed by atoms with Crippen LogP contribution in [-0.2, 0) is 6.42 Å². The molecular formula is C16H18N4OS3. The monoisotopic (exact) mass is 378 g/mol. The Morgan fingerprint density at radius 1 is 1.29 bits per heavy atom. The van der Waals surface area contributed by atoms with Crippen molar-refractivity contribution in [2.75, 3.05) is 18.9 Å². The lowest BCUT2D eigenvalue weighted by Crippen LogP contribution is -2.26. The number of nitrogens with one attached hydrogen (secondary N) is 2. The Kier molecular flexibility index (Phi) is 5.27. The summed E-state index contributed by atoms with van der Waals surface area (Å²) >= 11 is 4.70. The van der Waals surface area contributed by atoms with Gasteiger partial charge in [-0.15, -0.1) is 22.7 Å². The highest BCUT2D eigenvalue weighted by Crippen LogP contribution is 2.29. The highest BCUT2D eigenvalue weighted by molar-refractivity contribution is 7.16. The topological polar surface area (TPSA) is 66.9 Å². The molecule has 0 spiro atoms. The maximum atomic E-state index is 12.3. The van der Waals surface area contributed by atoms with E-state index in [0.717, 1.165) is 27.8 Å². The van der Waals surface area contributed by atoms with Crippen LogP contribution in [0.1, 0.15) is 25.9 Å². The first-order chi connectivity index (χ1) is 11.6. The number of thiophene rings is 1. The lowest BCUT2D eigenvalue weighted by Gasteiger charge is -2.05. The number of carbonyl (C=O) groups is 1. The molecule has 3 aromatic heterocycles. The van der Waals surface area contributed by atoms with Crippen molar-refractivity contribution in [1.82, 2.24) is 14.7 Å². The highest BCUT2D eigenvalue weighted by atomic mass is 32.1. The average molecular weight is 379 g/mol. The van der Waals surface area contributed by atoms with Gasteiger partial charge < -0.3 is 10.6 Å². The van der Waals surface area contributed by atoms with Crippen LogP contribution < -0.4 is 10.6 Å². The molecule has 0 aliphatic carbocycles. The predicted molar refractivity (Wildman–Crippen MR) is 103 cm³/mol. The lowest BCUT2D eigenvalue weighted by atomic mass is 10.2. The van der Waals surface area contributed by atoms with E-state index >= 15 is 0 Å². The number of rotatable bonds is 6. The van der Waals surface area contributed by atoms with E-state index < -0.39 is 0 Å². The van der Waals surface area contributed by atoms with Crippen molar-refractivity contribution in [2.45, 2.75) is 20.3 Å². The van der Waals surface area contributed by atoms with Crippen molar-refractivity contribution in [3.8, 4) is 10.6 Å². The number of amides is 1. The molecule has 0 saturated carbocycles. The van der Waals surface area contributed by atoms with Crippen LogP contribution in [0.2, 0.25) is 0 Å². The van der Waals surface area contributed by atoms with Crippen LogP contribution in [0, 0.1) is 13.8 Å². The van der Waals surface area contributed by atoms with Gasteiger partial charge in [-0.3, -0.25) is 4.79 Å². The van der Waals surface area contributed by atoms with Crippen LogP contribution in [-0.4, -0.2) is 28.9 Å². The fraction of sp³-hybridized carbons (Fsp3) is 0.312. The molecule has 0 fully saturated rings. The number of thiazole rings is 1. The Bertz CT molecular complexity index is 849. The van der Waals surface area contributed by atoms with Gasteiger partial charge in [0.1, 0.15) is 5.00 Å². The Labute approximate surface area is 152 Å². The van der Waals surface area contributed by atoms with Gasteiger partial charge in [0.05, 0.1) is 26.8 Å². The predicted octanol–water partition coefficient (Wildman–Crippen LogP) is 3.96. The van der Waals surface area contributed by atoms with Crippen molar-refractivity contribution in [3.05, 3.63) is 38.7 Å². The van der Waals surface area contributed by atoms with Crippen LogP contribution in [0.5, 0.6) is 0 Å². The van der Waals surface area contributed by atoms with E-state index in [9.17, 15) is 4.79 Å². The molecule has 2 N–H and O–H groups in total. The van der Waals surface area contributed by atoms with Crippen molar-refractivity contribution < 1.29 is 4.79 Å². The van der Waals surface area contributed by atoms with Gasteiger partial charge in [0.15, 0.2) is 0 Å². The van der Waals surface area contributed by atoms with Gasteiger partial charge in [0, 0.05) is 23.8 Å².